The molecule has 0 spiro atoms. The molecule has 2 aromatic rings. The van der Waals surface area contributed by atoms with Crippen molar-refractivity contribution in [3.05, 3.63) is 40.1 Å². The van der Waals surface area contributed by atoms with Crippen LogP contribution in [0.25, 0.3) is 10.9 Å². The predicted octanol–water partition coefficient (Wildman–Crippen LogP) is 2.88. The van der Waals surface area contributed by atoms with Gasteiger partial charge in [-0.15, -0.1) is 0 Å². The van der Waals surface area contributed by atoms with Crippen LogP contribution in [-0.4, -0.2) is 18.1 Å². The van der Waals surface area contributed by atoms with Crippen LogP contribution in [0.3, 0.4) is 0 Å². The van der Waals surface area contributed by atoms with Gasteiger partial charge in [-0.3, -0.25) is 0 Å². The van der Waals surface area contributed by atoms with Crippen LogP contribution < -0.4 is 5.63 Å². The van der Waals surface area contributed by atoms with Crippen LogP contribution in [0.2, 0.25) is 0 Å². The normalized spacial score (nSPS) is 11.0. The lowest BCUT2D eigenvalue weighted by atomic mass is 10.0. The molecule has 20 heavy (non-hydrogen) atoms. The maximum Gasteiger partial charge on any atom is 0.346 e. The Kier molecular flexibility index (Phi) is 4.17. The molecule has 0 fully saturated rings. The fourth-order valence-electron chi connectivity index (χ4n) is 2.15. The number of hydrogen-bond donors (Lipinski definition) is 0. The number of esters is 1. The van der Waals surface area contributed by atoms with E-state index in [1.165, 1.54) is 13.2 Å². The topological polar surface area (TPSA) is 69.4 Å². The molecule has 0 atom stereocenters. The fourth-order valence-corrected chi connectivity index (χ4v) is 2.15. The summed E-state index contributed by atoms with van der Waals surface area (Å²) < 4.78 is 9.91. The predicted molar refractivity (Wildman–Crippen MR) is 74.9 cm³/mol. The molecular weight excluding hydrogens is 258 g/mol. The largest absolute Gasteiger partial charge is 0.465 e. The van der Waals surface area contributed by atoms with Gasteiger partial charge in [-0.2, -0.15) is 0 Å². The summed E-state index contributed by atoms with van der Waals surface area (Å²) in [7, 11) is 1.30. The minimum atomic E-state index is -0.490. The number of methoxy groups -OCH3 is 1. The van der Waals surface area contributed by atoms with Gasteiger partial charge in [0.2, 0.25) is 5.89 Å². The van der Waals surface area contributed by atoms with Crippen molar-refractivity contribution in [3.63, 3.8) is 0 Å². The molecular formula is C15H17NO4. The number of carbonyl (C=O) groups is 1. The summed E-state index contributed by atoms with van der Waals surface area (Å²) in [4.78, 5) is 27.9. The summed E-state index contributed by atoms with van der Waals surface area (Å²) in [5, 5.41) is 0.294. The molecule has 5 heteroatoms. The second-order valence-corrected chi connectivity index (χ2v) is 4.58. The Bertz CT molecular complexity index is 686. The number of aromatic nitrogens is 1. The molecule has 1 aromatic carbocycles. The van der Waals surface area contributed by atoms with Crippen molar-refractivity contribution in [2.75, 3.05) is 7.11 Å². The van der Waals surface area contributed by atoms with E-state index in [2.05, 4.69) is 9.72 Å². The molecule has 0 aliphatic heterocycles. The van der Waals surface area contributed by atoms with Crippen molar-refractivity contribution in [2.24, 2.45) is 0 Å². The van der Waals surface area contributed by atoms with E-state index >= 15 is 0 Å². The number of ether oxygens (including phenoxy) is 1. The molecule has 106 valence electrons. The lowest BCUT2D eigenvalue weighted by molar-refractivity contribution is 0.0601. The van der Waals surface area contributed by atoms with E-state index in [0.717, 1.165) is 12.8 Å². The molecule has 0 aliphatic carbocycles. The van der Waals surface area contributed by atoms with E-state index in [4.69, 9.17) is 4.42 Å². The van der Waals surface area contributed by atoms with Crippen molar-refractivity contribution in [2.45, 2.75) is 32.6 Å². The first kappa shape index (κ1) is 14.2. The number of carbonyl (C=O) groups excluding carboxylic acids is 1. The Hall–Kier alpha value is -2.17. The number of rotatable bonds is 4. The summed E-state index contributed by atoms with van der Waals surface area (Å²) in [5.74, 6) is 0.0982. The summed E-state index contributed by atoms with van der Waals surface area (Å²) in [6, 6.07) is 4.69. The van der Waals surface area contributed by atoms with Gasteiger partial charge in [0.05, 0.1) is 23.6 Å². The fraction of sp³-hybridized carbons (Fsp3) is 0.400. The Morgan fingerprint density at radius 2 is 2.05 bits per heavy atom. The van der Waals surface area contributed by atoms with Gasteiger partial charge in [0.15, 0.2) is 0 Å². The average Bonchev–Trinajstić information content (AvgIpc) is 2.47. The molecule has 0 amide bonds. The van der Waals surface area contributed by atoms with Crippen LogP contribution >= 0.6 is 0 Å². The maximum atomic E-state index is 12.0. The highest BCUT2D eigenvalue weighted by molar-refractivity contribution is 5.94. The molecule has 1 aromatic heterocycles. The second kappa shape index (κ2) is 5.86. The molecule has 0 unspecified atom stereocenters. The Morgan fingerprint density at radius 1 is 1.35 bits per heavy atom. The first-order valence-corrected chi connectivity index (χ1v) is 6.63. The quantitative estimate of drug-likeness (QED) is 0.802. The molecule has 0 saturated carbocycles. The summed E-state index contributed by atoms with van der Waals surface area (Å²) in [6.07, 6.45) is 1.72. The number of fused-ring (bicyclic) bond motifs is 1. The zero-order valence-electron chi connectivity index (χ0n) is 11.8. The van der Waals surface area contributed by atoms with E-state index in [9.17, 15) is 9.59 Å². The van der Waals surface area contributed by atoms with E-state index in [0.29, 0.717) is 22.4 Å². The van der Waals surface area contributed by atoms with Crippen LogP contribution in [0.5, 0.6) is 0 Å². The van der Waals surface area contributed by atoms with Crippen LogP contribution in [0.4, 0.5) is 0 Å². The molecule has 2 rings (SSSR count). The monoisotopic (exact) mass is 275 g/mol. The first-order chi connectivity index (χ1) is 9.60. The number of hydrogen-bond acceptors (Lipinski definition) is 5. The van der Waals surface area contributed by atoms with E-state index in [1.54, 1.807) is 12.1 Å². The second-order valence-electron chi connectivity index (χ2n) is 4.58. The highest BCUT2D eigenvalue weighted by Gasteiger charge is 2.15. The standard InChI is InChI=1S/C15H17NO4/c1-4-9(5-2)13-16-12-7-6-10(14(17)19-3)8-11(12)15(18)20-13/h6-9H,4-5H2,1-3H3. The lowest BCUT2D eigenvalue weighted by Gasteiger charge is -2.10. The summed E-state index contributed by atoms with van der Waals surface area (Å²) in [6.45, 7) is 4.06. The minimum Gasteiger partial charge on any atom is -0.465 e. The van der Waals surface area contributed by atoms with Crippen molar-refractivity contribution in [1.29, 1.82) is 0 Å². The van der Waals surface area contributed by atoms with Crippen molar-refractivity contribution in [3.8, 4) is 0 Å². The lowest BCUT2D eigenvalue weighted by Crippen LogP contribution is -2.10. The van der Waals surface area contributed by atoms with Crippen molar-refractivity contribution in [1.82, 2.24) is 4.98 Å². The third-order valence-corrected chi connectivity index (χ3v) is 3.40. The van der Waals surface area contributed by atoms with Crippen molar-refractivity contribution < 1.29 is 13.9 Å². The average molecular weight is 275 g/mol. The van der Waals surface area contributed by atoms with Crippen molar-refractivity contribution >= 4 is 16.9 Å². The highest BCUT2D eigenvalue weighted by atomic mass is 16.5. The van der Waals surface area contributed by atoms with Gasteiger partial charge in [-0.05, 0) is 31.0 Å². The van der Waals surface area contributed by atoms with E-state index < -0.39 is 11.6 Å². The third-order valence-electron chi connectivity index (χ3n) is 3.40. The van der Waals surface area contributed by atoms with Gasteiger partial charge in [-0.1, -0.05) is 13.8 Å². The molecule has 1 heterocycles. The molecule has 5 nitrogen and oxygen atoms in total. The first-order valence-electron chi connectivity index (χ1n) is 6.63. The van der Waals surface area contributed by atoms with Gasteiger partial charge in [0, 0.05) is 5.92 Å². The highest BCUT2D eigenvalue weighted by Crippen LogP contribution is 2.22. The van der Waals surface area contributed by atoms with Crippen LogP contribution in [0.1, 0.15) is 48.9 Å². The Balaban J connectivity index is 2.58. The van der Waals surface area contributed by atoms with Gasteiger partial charge >= 0.3 is 11.6 Å². The number of nitrogens with zero attached hydrogens (tertiary/aromatic N) is 1. The van der Waals surface area contributed by atoms with Gasteiger partial charge in [0.1, 0.15) is 0 Å². The zero-order chi connectivity index (χ0) is 14.7. The van der Waals surface area contributed by atoms with Gasteiger partial charge in [0.25, 0.3) is 0 Å². The maximum absolute atomic E-state index is 12.0. The smallest absolute Gasteiger partial charge is 0.346 e. The van der Waals surface area contributed by atoms with Gasteiger partial charge in [-0.25, -0.2) is 14.6 Å². The summed E-state index contributed by atoms with van der Waals surface area (Å²) >= 11 is 0. The molecule has 0 bridgehead atoms. The molecule has 0 N–H and O–H groups in total. The number of benzene rings is 1. The Labute approximate surface area is 116 Å². The zero-order valence-corrected chi connectivity index (χ0v) is 11.8. The summed E-state index contributed by atoms with van der Waals surface area (Å²) in [5.41, 5.74) is 0.378. The van der Waals surface area contributed by atoms with Crippen LogP contribution in [-0.2, 0) is 4.74 Å². The molecule has 0 saturated heterocycles. The van der Waals surface area contributed by atoms with Gasteiger partial charge < -0.3 is 9.15 Å². The van der Waals surface area contributed by atoms with E-state index in [-0.39, 0.29) is 5.92 Å². The van der Waals surface area contributed by atoms with E-state index in [1.807, 2.05) is 13.8 Å². The van der Waals surface area contributed by atoms with Crippen LogP contribution in [0, 0.1) is 0 Å². The molecule has 0 aliphatic rings. The van der Waals surface area contributed by atoms with Crippen LogP contribution in [0.15, 0.2) is 27.4 Å². The molecule has 0 radical (unpaired) electrons. The third kappa shape index (κ3) is 2.57. The SMILES string of the molecule is CCC(CC)c1nc2ccc(C(=O)OC)cc2c(=O)o1. The minimum absolute atomic E-state index is 0.132. The Morgan fingerprint density at radius 3 is 2.65 bits per heavy atom.